The minimum absolute atomic E-state index is 0.00238. The van der Waals surface area contributed by atoms with Crippen LogP contribution >= 0.6 is 0 Å². The van der Waals surface area contributed by atoms with Crippen LogP contribution in [0.4, 0.5) is 8.78 Å². The Hall–Kier alpha value is -3.84. The van der Waals surface area contributed by atoms with Crippen LogP contribution in [0.5, 0.6) is 5.75 Å². The molecule has 0 saturated carbocycles. The summed E-state index contributed by atoms with van der Waals surface area (Å²) in [6, 6.07) is 2.86. The predicted molar refractivity (Wildman–Crippen MR) is 123 cm³/mol. The van der Waals surface area contributed by atoms with Crippen molar-refractivity contribution in [2.45, 2.75) is 13.2 Å². The number of fused-ring (bicyclic) bond motifs is 1. The molecule has 1 fully saturated rings. The van der Waals surface area contributed by atoms with E-state index in [1.54, 1.807) is 4.90 Å². The molecule has 2 aliphatic heterocycles. The first-order valence-electron chi connectivity index (χ1n) is 11.2. The molecule has 192 valence electrons. The van der Waals surface area contributed by atoms with E-state index in [0.29, 0.717) is 19.2 Å². The average molecular weight is 504 g/mol. The van der Waals surface area contributed by atoms with Crippen LogP contribution in [0.3, 0.4) is 0 Å². The molecule has 1 aromatic carbocycles. The smallest absolute Gasteiger partial charge is 0.288 e. The maximum atomic E-state index is 13.9. The molecule has 3 heterocycles. The van der Waals surface area contributed by atoms with Crippen molar-refractivity contribution in [3.05, 3.63) is 63.1 Å². The van der Waals surface area contributed by atoms with Crippen LogP contribution in [0.1, 0.15) is 26.4 Å². The summed E-state index contributed by atoms with van der Waals surface area (Å²) in [6.45, 7) is 2.05. The van der Waals surface area contributed by atoms with Gasteiger partial charge in [0.2, 0.25) is 11.3 Å². The number of carbonyl (C=O) groups excluding carboxylic acids is 3. The Labute approximate surface area is 205 Å². The molecule has 1 aromatic heterocycles. The van der Waals surface area contributed by atoms with Crippen molar-refractivity contribution in [3.8, 4) is 5.75 Å². The van der Waals surface area contributed by atoms with Gasteiger partial charge in [-0.15, -0.1) is 0 Å². The number of nitrogens with one attached hydrogen (secondary N) is 1. The highest BCUT2D eigenvalue weighted by Gasteiger charge is 2.35. The number of carbonyl (C=O) groups is 3. The Morgan fingerprint density at radius 1 is 1.08 bits per heavy atom. The summed E-state index contributed by atoms with van der Waals surface area (Å²) in [4.78, 5) is 54.9. The minimum Gasteiger partial charge on any atom is -0.503 e. The number of pyridine rings is 1. The number of nitrogens with zero attached hydrogens (tertiary/aromatic N) is 5. The molecule has 2 aromatic rings. The van der Waals surface area contributed by atoms with Crippen molar-refractivity contribution < 1.29 is 28.3 Å². The summed E-state index contributed by atoms with van der Waals surface area (Å²) in [6.07, 6.45) is 1.12. The summed E-state index contributed by atoms with van der Waals surface area (Å²) >= 11 is 0. The molecule has 2 N–H and O–H groups in total. The maximum absolute atomic E-state index is 13.9. The van der Waals surface area contributed by atoms with Gasteiger partial charge in [0.1, 0.15) is 17.2 Å². The van der Waals surface area contributed by atoms with E-state index < -0.39 is 40.2 Å². The van der Waals surface area contributed by atoms with Gasteiger partial charge in [0.15, 0.2) is 11.4 Å². The molecule has 1 saturated heterocycles. The third-order valence-corrected chi connectivity index (χ3v) is 6.37. The fourth-order valence-electron chi connectivity index (χ4n) is 4.10. The highest BCUT2D eigenvalue weighted by molar-refractivity contribution is 5.98. The largest absolute Gasteiger partial charge is 0.503 e. The Balaban J connectivity index is 1.53. The number of aromatic hydroxyl groups is 1. The molecule has 36 heavy (non-hydrogen) atoms. The van der Waals surface area contributed by atoms with Gasteiger partial charge >= 0.3 is 0 Å². The van der Waals surface area contributed by atoms with Gasteiger partial charge in [0.05, 0.1) is 13.2 Å². The highest BCUT2D eigenvalue weighted by Crippen LogP contribution is 2.22. The quantitative estimate of drug-likeness (QED) is 0.579. The van der Waals surface area contributed by atoms with Crippen LogP contribution in [0, 0.1) is 11.6 Å². The number of amides is 3. The lowest BCUT2D eigenvalue weighted by atomic mass is 10.1. The van der Waals surface area contributed by atoms with Gasteiger partial charge in [-0.25, -0.2) is 8.78 Å². The second kappa shape index (κ2) is 10.0. The molecule has 0 atom stereocenters. The molecule has 0 radical (unpaired) electrons. The minimum atomic E-state index is -1.07. The molecule has 0 spiro atoms. The predicted octanol–water partition coefficient (Wildman–Crippen LogP) is -0.204. The van der Waals surface area contributed by atoms with Crippen LogP contribution in [0.15, 0.2) is 29.2 Å². The molecule has 11 nitrogen and oxygen atoms in total. The van der Waals surface area contributed by atoms with Gasteiger partial charge in [-0.3, -0.25) is 24.2 Å². The summed E-state index contributed by atoms with van der Waals surface area (Å²) in [5, 5.41) is 15.4. The molecule has 0 aliphatic carbocycles. The van der Waals surface area contributed by atoms with E-state index >= 15 is 0 Å². The van der Waals surface area contributed by atoms with Gasteiger partial charge in [0.25, 0.3) is 11.8 Å². The Kier molecular flexibility index (Phi) is 7.04. The molecule has 4 rings (SSSR count). The molecule has 3 amide bonds. The molecule has 0 bridgehead atoms. The topological polar surface area (TPSA) is 118 Å². The zero-order valence-electron chi connectivity index (χ0n) is 19.8. The number of aromatic nitrogens is 1. The fourth-order valence-corrected chi connectivity index (χ4v) is 4.10. The maximum Gasteiger partial charge on any atom is 0.288 e. The van der Waals surface area contributed by atoms with E-state index in [0.717, 1.165) is 36.4 Å². The van der Waals surface area contributed by atoms with Crippen molar-refractivity contribution in [3.63, 3.8) is 0 Å². The zero-order chi connectivity index (χ0) is 26.1. The zero-order valence-corrected chi connectivity index (χ0v) is 19.8. The number of halogens is 2. The van der Waals surface area contributed by atoms with Gasteiger partial charge in [-0.05, 0) is 13.1 Å². The number of hydrazine groups is 1. The van der Waals surface area contributed by atoms with Gasteiger partial charge in [-0.1, -0.05) is 6.07 Å². The van der Waals surface area contributed by atoms with Crippen molar-refractivity contribution in [2.24, 2.45) is 0 Å². The molecular formula is C23H26F2N6O5. The lowest BCUT2D eigenvalue weighted by Crippen LogP contribution is -2.56. The SMILES string of the molecule is CN1CCN(C(=O)CN2Cn3cc(C(=O)NCc4ccc(F)cc4F)c(=O)c(O)c3C(=O)N2C)CC1. The monoisotopic (exact) mass is 504 g/mol. The number of rotatable bonds is 5. The lowest BCUT2D eigenvalue weighted by molar-refractivity contribution is -0.139. The number of likely N-dealkylation sites (N-methyl/N-ethyl adjacent to an activating group) is 1. The van der Waals surface area contributed by atoms with E-state index in [-0.39, 0.29) is 36.9 Å². The number of benzene rings is 1. The normalized spacial score (nSPS) is 16.7. The van der Waals surface area contributed by atoms with Crippen molar-refractivity contribution >= 4 is 17.7 Å². The van der Waals surface area contributed by atoms with Gasteiger partial charge in [0, 0.05) is 57.6 Å². The van der Waals surface area contributed by atoms with E-state index in [4.69, 9.17) is 0 Å². The van der Waals surface area contributed by atoms with Gasteiger partial charge in [-0.2, -0.15) is 5.01 Å². The van der Waals surface area contributed by atoms with E-state index in [9.17, 15) is 33.1 Å². The summed E-state index contributed by atoms with van der Waals surface area (Å²) in [5.41, 5.74) is -1.85. The average Bonchev–Trinajstić information content (AvgIpc) is 2.84. The summed E-state index contributed by atoms with van der Waals surface area (Å²) in [5.74, 6) is -4.36. The van der Waals surface area contributed by atoms with E-state index in [1.165, 1.54) is 16.6 Å². The summed E-state index contributed by atoms with van der Waals surface area (Å²) in [7, 11) is 3.39. The van der Waals surface area contributed by atoms with Gasteiger partial charge < -0.3 is 24.8 Å². The molecule has 0 unspecified atom stereocenters. The lowest BCUT2D eigenvalue weighted by Gasteiger charge is -2.39. The highest BCUT2D eigenvalue weighted by atomic mass is 19.1. The second-order valence-electron chi connectivity index (χ2n) is 8.78. The Bertz CT molecular complexity index is 1270. The van der Waals surface area contributed by atoms with Crippen LogP contribution < -0.4 is 10.7 Å². The van der Waals surface area contributed by atoms with Crippen LogP contribution in [-0.4, -0.2) is 94.0 Å². The Morgan fingerprint density at radius 3 is 2.44 bits per heavy atom. The second-order valence-corrected chi connectivity index (χ2v) is 8.78. The van der Waals surface area contributed by atoms with Crippen molar-refractivity contribution in [1.82, 2.24) is 29.7 Å². The fraction of sp³-hybridized carbons (Fsp3) is 0.391. The first-order valence-corrected chi connectivity index (χ1v) is 11.2. The Morgan fingerprint density at radius 2 is 1.78 bits per heavy atom. The first-order chi connectivity index (χ1) is 17.1. The van der Waals surface area contributed by atoms with E-state index in [2.05, 4.69) is 10.2 Å². The molecule has 2 aliphatic rings. The third kappa shape index (κ3) is 4.93. The summed E-state index contributed by atoms with van der Waals surface area (Å²) < 4.78 is 28.2. The van der Waals surface area contributed by atoms with Crippen molar-refractivity contribution in [2.75, 3.05) is 46.8 Å². The van der Waals surface area contributed by atoms with E-state index in [1.807, 2.05) is 7.05 Å². The number of hydrogen-bond donors (Lipinski definition) is 2. The number of piperazine rings is 1. The van der Waals surface area contributed by atoms with Crippen molar-refractivity contribution in [1.29, 1.82) is 0 Å². The number of hydrogen-bond acceptors (Lipinski definition) is 7. The van der Waals surface area contributed by atoms with Crippen LogP contribution in [-0.2, 0) is 18.0 Å². The molecular weight excluding hydrogens is 478 g/mol. The first kappa shape index (κ1) is 25.3. The van der Waals surface area contributed by atoms with Crippen LogP contribution in [0.2, 0.25) is 0 Å². The third-order valence-electron chi connectivity index (χ3n) is 6.37. The standard InChI is InChI=1S/C23H26F2N6O5/c1-27-5-7-29(8-6-27)18(32)12-31-13-30-11-16(20(33)21(34)19(30)23(36)28(31)2)22(35)26-10-14-3-4-15(24)9-17(14)25/h3-4,9,11,34H,5-8,10,12-13H2,1-2H3,(H,26,35). The van der Waals surface area contributed by atoms with Crippen LogP contribution in [0.25, 0.3) is 0 Å². The molecule has 13 heteroatoms.